The molecule has 0 saturated carbocycles. The van der Waals surface area contributed by atoms with Crippen molar-refractivity contribution in [1.29, 1.82) is 0 Å². The minimum atomic E-state index is -0.558. The van der Waals surface area contributed by atoms with Gasteiger partial charge in [-0.15, -0.1) is 0 Å². The maximum absolute atomic E-state index is 12.2. The molecule has 8 atom stereocenters. The largest absolute Gasteiger partial charge is 0.492 e. The Hall–Kier alpha value is -1.53. The third kappa shape index (κ3) is 1.65. The first-order chi connectivity index (χ1) is 13.5. The minimum Gasteiger partial charge on any atom is -0.492 e. The molecule has 1 unspecified atom stereocenters. The summed E-state index contributed by atoms with van der Waals surface area (Å²) in [5, 5.41) is 0. The number of hydrogen-bond donors (Lipinski definition) is 0. The van der Waals surface area contributed by atoms with Crippen molar-refractivity contribution in [2.75, 3.05) is 13.7 Å². The van der Waals surface area contributed by atoms with Crippen LogP contribution < -0.4 is 0 Å². The molecule has 5 saturated heterocycles. The number of carbonyl (C=O) groups is 1. The zero-order chi connectivity index (χ0) is 19.4. The molecule has 6 heterocycles. The van der Waals surface area contributed by atoms with Gasteiger partial charge in [0.15, 0.2) is 5.76 Å². The van der Waals surface area contributed by atoms with Gasteiger partial charge in [0.1, 0.15) is 5.76 Å². The first kappa shape index (κ1) is 17.3. The second kappa shape index (κ2) is 5.33. The van der Waals surface area contributed by atoms with E-state index in [-0.39, 0.29) is 29.4 Å². The average Bonchev–Trinajstić information content (AvgIpc) is 3.38. The van der Waals surface area contributed by atoms with Crippen molar-refractivity contribution in [3.63, 3.8) is 0 Å². The van der Waals surface area contributed by atoms with Gasteiger partial charge in [0, 0.05) is 17.9 Å². The molecule has 0 radical (unpaired) electrons. The van der Waals surface area contributed by atoms with Crippen molar-refractivity contribution >= 4 is 5.97 Å². The van der Waals surface area contributed by atoms with Crippen LogP contribution in [0.15, 0.2) is 22.9 Å². The number of ether oxygens (including phenoxy) is 4. The molecule has 6 nitrogen and oxygen atoms in total. The molecular formula is C22H29NO5. The van der Waals surface area contributed by atoms with Crippen LogP contribution in [0, 0.1) is 17.8 Å². The average molecular weight is 387 g/mol. The van der Waals surface area contributed by atoms with Gasteiger partial charge in [0.25, 0.3) is 0 Å². The lowest BCUT2D eigenvalue weighted by Gasteiger charge is -2.48. The summed E-state index contributed by atoms with van der Waals surface area (Å²) < 4.78 is 24.7. The van der Waals surface area contributed by atoms with E-state index in [1.165, 1.54) is 19.3 Å². The number of rotatable bonds is 4. The summed E-state index contributed by atoms with van der Waals surface area (Å²) in [6.07, 6.45) is 6.15. The Morgan fingerprint density at radius 3 is 2.93 bits per heavy atom. The molecule has 5 bridgehead atoms. The molecule has 152 valence electrons. The molecule has 0 aromatic carbocycles. The molecule has 1 spiro atoms. The van der Waals surface area contributed by atoms with Crippen LogP contribution in [0.2, 0.25) is 0 Å². The van der Waals surface area contributed by atoms with Crippen LogP contribution in [-0.4, -0.2) is 48.0 Å². The van der Waals surface area contributed by atoms with Crippen molar-refractivity contribution < 1.29 is 23.7 Å². The van der Waals surface area contributed by atoms with Crippen molar-refractivity contribution in [3.05, 3.63) is 22.9 Å². The highest BCUT2D eigenvalue weighted by Crippen LogP contribution is 2.73. The third-order valence-electron chi connectivity index (χ3n) is 8.53. The number of cyclic esters (lactones) is 1. The second-order valence-corrected chi connectivity index (χ2v) is 9.42. The van der Waals surface area contributed by atoms with E-state index in [4.69, 9.17) is 18.9 Å². The van der Waals surface area contributed by atoms with Crippen LogP contribution in [0.1, 0.15) is 52.9 Å². The van der Waals surface area contributed by atoms with Crippen molar-refractivity contribution in [1.82, 2.24) is 4.90 Å². The zero-order valence-corrected chi connectivity index (χ0v) is 17.1. The van der Waals surface area contributed by atoms with Gasteiger partial charge in [0.2, 0.25) is 11.5 Å². The van der Waals surface area contributed by atoms with E-state index in [0.29, 0.717) is 29.1 Å². The molecule has 0 N–H and O–H groups in total. The number of piperidine rings is 1. The fourth-order valence-corrected chi connectivity index (χ4v) is 7.64. The lowest BCUT2D eigenvalue weighted by atomic mass is 9.69. The second-order valence-electron chi connectivity index (χ2n) is 9.42. The number of nitrogens with zero attached hydrogens (tertiary/aromatic N) is 1. The van der Waals surface area contributed by atoms with Crippen molar-refractivity contribution in [3.8, 4) is 0 Å². The molecule has 28 heavy (non-hydrogen) atoms. The maximum Gasteiger partial charge on any atom is 0.343 e. The van der Waals surface area contributed by atoms with Gasteiger partial charge >= 0.3 is 5.97 Å². The van der Waals surface area contributed by atoms with Gasteiger partial charge in [0.05, 0.1) is 30.2 Å². The number of carbonyl (C=O) groups excluding carboxylic acids is 1. The highest BCUT2D eigenvalue weighted by Gasteiger charge is 2.84. The molecule has 0 aromatic rings. The summed E-state index contributed by atoms with van der Waals surface area (Å²) in [4.78, 5) is 14.9. The van der Waals surface area contributed by atoms with Gasteiger partial charge in [-0.2, -0.15) is 0 Å². The quantitative estimate of drug-likeness (QED) is 0.691. The predicted octanol–water partition coefficient (Wildman–Crippen LogP) is 3.09. The van der Waals surface area contributed by atoms with Gasteiger partial charge in [-0.1, -0.05) is 26.7 Å². The van der Waals surface area contributed by atoms with Crippen LogP contribution in [0.4, 0.5) is 0 Å². The summed E-state index contributed by atoms with van der Waals surface area (Å²) in [5.74, 6) is 1.64. The standard InChI is InChI=1S/C22H29NO5/c1-5-6-8-21-14-7-9-23(21)13-10-15(21)27-22(14)16(13)11(2)18(28-22)19-17(25-4)12(3)20(24)26-19/h11,13-16H,5-10H2,1-4H3/b19-18-/t11-,13-,14+,15-,16+,21+,22+/m0/s1. The Kier molecular flexibility index (Phi) is 3.30. The van der Waals surface area contributed by atoms with E-state index >= 15 is 0 Å². The lowest BCUT2D eigenvalue weighted by molar-refractivity contribution is -0.256. The first-order valence-electron chi connectivity index (χ1n) is 10.8. The van der Waals surface area contributed by atoms with Crippen LogP contribution in [-0.2, 0) is 23.7 Å². The normalized spacial score (nSPS) is 52.5. The van der Waals surface area contributed by atoms with Crippen LogP contribution in [0.5, 0.6) is 0 Å². The van der Waals surface area contributed by atoms with E-state index in [0.717, 1.165) is 25.1 Å². The number of esters is 1. The summed E-state index contributed by atoms with van der Waals surface area (Å²) in [6, 6.07) is 0.496. The van der Waals surface area contributed by atoms with E-state index in [1.54, 1.807) is 14.0 Å². The topological polar surface area (TPSA) is 57.2 Å². The molecular weight excluding hydrogens is 358 g/mol. The van der Waals surface area contributed by atoms with E-state index in [2.05, 4.69) is 18.7 Å². The number of unbranched alkanes of at least 4 members (excludes halogenated alkanes) is 1. The zero-order valence-electron chi connectivity index (χ0n) is 17.1. The molecule has 6 aliphatic heterocycles. The summed E-state index contributed by atoms with van der Waals surface area (Å²) in [5.41, 5.74) is 0.659. The van der Waals surface area contributed by atoms with Gasteiger partial charge in [-0.25, -0.2) is 4.79 Å². The molecule has 0 amide bonds. The Labute approximate surface area is 165 Å². The smallest absolute Gasteiger partial charge is 0.343 e. The van der Waals surface area contributed by atoms with Gasteiger partial charge in [-0.3, -0.25) is 4.90 Å². The van der Waals surface area contributed by atoms with E-state index < -0.39 is 5.79 Å². The van der Waals surface area contributed by atoms with Gasteiger partial charge in [-0.05, 0) is 32.7 Å². The highest BCUT2D eigenvalue weighted by molar-refractivity contribution is 5.93. The predicted molar refractivity (Wildman–Crippen MR) is 99.6 cm³/mol. The molecule has 6 rings (SSSR count). The molecule has 0 aliphatic carbocycles. The van der Waals surface area contributed by atoms with Crippen LogP contribution >= 0.6 is 0 Å². The molecule has 0 aromatic heterocycles. The van der Waals surface area contributed by atoms with Crippen LogP contribution in [0.3, 0.4) is 0 Å². The Bertz CT molecular complexity index is 833. The maximum atomic E-state index is 12.2. The van der Waals surface area contributed by atoms with Crippen molar-refractivity contribution in [2.24, 2.45) is 17.8 Å². The van der Waals surface area contributed by atoms with E-state index in [9.17, 15) is 4.79 Å². The van der Waals surface area contributed by atoms with Gasteiger partial charge < -0.3 is 18.9 Å². The minimum absolute atomic E-state index is 0.134. The SMILES string of the molecule is CCCC[C@]12[C@@H]3C[C@H]4[C@H]5[C@H](C)/C(=C6/OC(=O)C(C)=C6OC)O[C@]5(O3)[C@@H]1CCN42. The molecule has 6 heteroatoms. The first-order valence-corrected chi connectivity index (χ1v) is 10.8. The number of hydrogen-bond acceptors (Lipinski definition) is 6. The third-order valence-corrected chi connectivity index (χ3v) is 8.53. The fraction of sp³-hybridized carbons (Fsp3) is 0.773. The molecule has 6 aliphatic rings. The van der Waals surface area contributed by atoms with Crippen LogP contribution in [0.25, 0.3) is 0 Å². The fourth-order valence-electron chi connectivity index (χ4n) is 7.64. The summed E-state index contributed by atoms with van der Waals surface area (Å²) in [6.45, 7) is 7.37. The summed E-state index contributed by atoms with van der Waals surface area (Å²) in [7, 11) is 1.58. The van der Waals surface area contributed by atoms with E-state index in [1.807, 2.05) is 0 Å². The Morgan fingerprint density at radius 1 is 1.36 bits per heavy atom. The Morgan fingerprint density at radius 2 is 2.18 bits per heavy atom. The Balaban J connectivity index is 1.46. The van der Waals surface area contributed by atoms with Crippen molar-refractivity contribution in [2.45, 2.75) is 76.3 Å². The monoisotopic (exact) mass is 387 g/mol. The number of allylic oxidation sites excluding steroid dienone is 1. The lowest BCUT2D eigenvalue weighted by Crippen LogP contribution is -2.61. The molecule has 5 fully saturated rings. The summed E-state index contributed by atoms with van der Waals surface area (Å²) >= 11 is 0. The number of methoxy groups -OCH3 is 1. The number of fused-ring (bicyclic) bond motifs is 1. The highest BCUT2D eigenvalue weighted by atomic mass is 16.7.